The molecular weight excluding hydrogens is 516 g/mol. The van der Waals surface area contributed by atoms with Crippen molar-refractivity contribution in [3.63, 3.8) is 0 Å². The average Bonchev–Trinajstić information content (AvgIpc) is 3.54. The minimum Gasteiger partial charge on any atom is -0.254 e. The van der Waals surface area contributed by atoms with Crippen LogP contribution in [0.3, 0.4) is 0 Å². The first kappa shape index (κ1) is 11.8. The molecule has 8 aromatic rings. The Kier molecular flexibility index (Phi) is 2.82. The highest BCUT2D eigenvalue weighted by molar-refractivity contribution is 7.19. The molecule has 0 saturated carbocycles. The molecule has 5 aromatic carbocycles. The van der Waals surface area contributed by atoms with Gasteiger partial charge in [0.1, 0.15) is 0 Å². The summed E-state index contributed by atoms with van der Waals surface area (Å²) in [5.74, 6) is 0. The Bertz CT molecular complexity index is 3160. The van der Waals surface area contributed by atoms with Crippen LogP contribution < -0.4 is 0 Å². The molecule has 0 amide bonds. The molecule has 0 aliphatic rings. The molecule has 0 unspecified atom stereocenters. The van der Waals surface area contributed by atoms with E-state index in [1.807, 2.05) is 0 Å². The summed E-state index contributed by atoms with van der Waals surface area (Å²) in [6, 6.07) is 0.0298. The second kappa shape index (κ2) is 9.81. The molecule has 2 nitrogen and oxygen atoms in total. The number of thiophene rings is 1. The minimum atomic E-state index is -0.658. The van der Waals surface area contributed by atoms with E-state index in [2.05, 4.69) is 9.97 Å². The summed E-state index contributed by atoms with van der Waals surface area (Å²) in [6.07, 6.45) is -0.583. The van der Waals surface area contributed by atoms with Gasteiger partial charge < -0.3 is 0 Å². The molecule has 192 valence electrons. The van der Waals surface area contributed by atoms with E-state index >= 15 is 0 Å². The van der Waals surface area contributed by atoms with E-state index in [4.69, 9.17) is 23.3 Å². The SMILES string of the molecule is [2H]c1nc2c(c([2H])c1[2H])c([2H])c([2H])c1c([2H])c([2H])c(-c3ccc(-c4c(-c5c([2H])c([2H])c([2H])c([2H])c5[2H])sc(-c5c([2H])c([2H])c([2H])c([2H])c5[2H])c4[2H])c4ccccc34)nc12. The van der Waals surface area contributed by atoms with Gasteiger partial charge in [-0.3, -0.25) is 4.98 Å². The number of fused-ring (bicyclic) bond motifs is 4. The number of rotatable bonds is 4. The summed E-state index contributed by atoms with van der Waals surface area (Å²) >= 11 is 0.738. The highest BCUT2D eigenvalue weighted by atomic mass is 32.1. The number of nitrogens with zero attached hydrogens (tertiary/aromatic N) is 2. The molecule has 3 heteroatoms. The summed E-state index contributed by atoms with van der Waals surface area (Å²) in [5, 5.41) is 0.358. The molecule has 0 saturated heterocycles. The molecule has 0 fully saturated rings. The highest BCUT2D eigenvalue weighted by Crippen LogP contribution is 2.46. The van der Waals surface area contributed by atoms with E-state index in [1.165, 1.54) is 12.1 Å². The Morgan fingerprint density at radius 3 is 2.00 bits per heavy atom. The standard InChI is InChI=1S/C38H24N2S/c1-3-10-25(11-4-1)35-24-33(38(41-35)28-12-5-2-6-13-28)31-20-21-32(30-16-8-7-15-29(30)31)34-22-19-27-18-17-26-14-9-23-39-36(26)37(27)40-34/h1-24H/i1D,2D,3D,4D,5D,6D,9D,10D,11D,12D,13D,14D,17D,18D,19D,22D,23D,24D. The van der Waals surface area contributed by atoms with Gasteiger partial charge in [-0.25, -0.2) is 4.98 Å². The molecule has 0 N–H and O–H groups in total. The summed E-state index contributed by atoms with van der Waals surface area (Å²) < 4.78 is 154. The van der Waals surface area contributed by atoms with Crippen molar-refractivity contribution >= 4 is 43.9 Å². The van der Waals surface area contributed by atoms with Crippen LogP contribution in [0.1, 0.15) is 24.7 Å². The monoisotopic (exact) mass is 558 g/mol. The zero-order chi connectivity index (χ0) is 42.8. The fraction of sp³-hybridized carbons (Fsp3) is 0. The number of hydrogen-bond acceptors (Lipinski definition) is 3. The van der Waals surface area contributed by atoms with Crippen LogP contribution in [-0.2, 0) is 0 Å². The first-order chi connectivity index (χ1) is 27.8. The molecule has 0 radical (unpaired) electrons. The Morgan fingerprint density at radius 2 is 1.22 bits per heavy atom. The summed E-state index contributed by atoms with van der Waals surface area (Å²) in [7, 11) is 0. The maximum Gasteiger partial charge on any atom is 0.0972 e. The number of benzene rings is 5. The third-order valence-electron chi connectivity index (χ3n) is 6.52. The van der Waals surface area contributed by atoms with E-state index in [-0.39, 0.29) is 71.1 Å². The van der Waals surface area contributed by atoms with Gasteiger partial charge in [-0.2, -0.15) is 0 Å². The van der Waals surface area contributed by atoms with Crippen LogP contribution in [-0.4, -0.2) is 9.97 Å². The average molecular weight is 559 g/mol. The normalized spacial score (nSPS) is 17.6. The smallest absolute Gasteiger partial charge is 0.0972 e. The van der Waals surface area contributed by atoms with Crippen LogP contribution in [0.4, 0.5) is 0 Å². The van der Waals surface area contributed by atoms with Crippen molar-refractivity contribution in [3.8, 4) is 43.3 Å². The Morgan fingerprint density at radius 1 is 0.561 bits per heavy atom. The van der Waals surface area contributed by atoms with E-state index in [1.54, 1.807) is 24.3 Å². The van der Waals surface area contributed by atoms with E-state index < -0.39 is 103 Å². The molecule has 0 aliphatic carbocycles. The fourth-order valence-corrected chi connectivity index (χ4v) is 5.75. The van der Waals surface area contributed by atoms with Gasteiger partial charge in [0.25, 0.3) is 0 Å². The van der Waals surface area contributed by atoms with Crippen molar-refractivity contribution in [2.24, 2.45) is 0 Å². The van der Waals surface area contributed by atoms with Gasteiger partial charge in [0.2, 0.25) is 0 Å². The molecule has 0 spiro atoms. The number of aromatic nitrogens is 2. The van der Waals surface area contributed by atoms with E-state index in [0.717, 1.165) is 11.3 Å². The second-order valence-corrected chi connectivity index (χ2v) is 9.87. The van der Waals surface area contributed by atoms with Crippen LogP contribution in [0.25, 0.3) is 75.8 Å². The Hall–Kier alpha value is -5.12. The predicted octanol–water partition coefficient (Wildman–Crippen LogP) is 10.7. The summed E-state index contributed by atoms with van der Waals surface area (Å²) in [6.45, 7) is 0. The van der Waals surface area contributed by atoms with Crippen LogP contribution in [0.15, 0.2) is 145 Å². The lowest BCUT2D eigenvalue weighted by atomic mass is 9.92. The third-order valence-corrected chi connectivity index (χ3v) is 7.65. The molecule has 0 atom stereocenters. The van der Waals surface area contributed by atoms with Gasteiger partial charge in [-0.15, -0.1) is 11.3 Å². The molecule has 0 aliphatic heterocycles. The lowest BCUT2D eigenvalue weighted by Gasteiger charge is -2.13. The lowest BCUT2D eigenvalue weighted by molar-refractivity contribution is 1.37. The van der Waals surface area contributed by atoms with Crippen LogP contribution in [0.5, 0.6) is 0 Å². The van der Waals surface area contributed by atoms with Gasteiger partial charge >= 0.3 is 0 Å². The van der Waals surface area contributed by atoms with Crippen molar-refractivity contribution in [1.29, 1.82) is 0 Å². The van der Waals surface area contributed by atoms with Gasteiger partial charge in [0, 0.05) is 37.8 Å². The molecule has 3 aromatic heterocycles. The fourth-order valence-electron chi connectivity index (χ4n) is 4.72. The summed E-state index contributed by atoms with van der Waals surface area (Å²) in [4.78, 5) is 8.68. The van der Waals surface area contributed by atoms with Gasteiger partial charge in [-0.05, 0) is 45.6 Å². The van der Waals surface area contributed by atoms with Crippen molar-refractivity contribution in [2.75, 3.05) is 0 Å². The molecule has 3 heterocycles. The minimum absolute atomic E-state index is 0.0111. The Labute approximate surface area is 267 Å². The maximum atomic E-state index is 9.55. The number of pyridine rings is 2. The zero-order valence-electron chi connectivity index (χ0n) is 38.8. The van der Waals surface area contributed by atoms with Crippen LogP contribution in [0, 0.1) is 0 Å². The summed E-state index contributed by atoms with van der Waals surface area (Å²) in [5.41, 5.74) is -0.420. The Balaban J connectivity index is 1.48. The third kappa shape index (κ3) is 4.10. The van der Waals surface area contributed by atoms with Gasteiger partial charge in [-0.1, -0.05) is 121 Å². The van der Waals surface area contributed by atoms with Gasteiger partial charge in [0.05, 0.1) is 41.4 Å². The molecule has 41 heavy (non-hydrogen) atoms. The van der Waals surface area contributed by atoms with Crippen molar-refractivity contribution < 1.29 is 24.7 Å². The van der Waals surface area contributed by atoms with Crippen LogP contribution >= 0.6 is 11.3 Å². The van der Waals surface area contributed by atoms with Crippen LogP contribution in [0.2, 0.25) is 0 Å². The van der Waals surface area contributed by atoms with Crippen molar-refractivity contribution in [1.82, 2.24) is 9.97 Å². The topological polar surface area (TPSA) is 25.8 Å². The van der Waals surface area contributed by atoms with E-state index in [9.17, 15) is 1.37 Å². The highest BCUT2D eigenvalue weighted by Gasteiger charge is 2.18. The van der Waals surface area contributed by atoms with E-state index in [0.29, 0.717) is 10.8 Å². The largest absolute Gasteiger partial charge is 0.254 e. The zero-order valence-corrected chi connectivity index (χ0v) is 21.6. The predicted molar refractivity (Wildman–Crippen MR) is 174 cm³/mol. The van der Waals surface area contributed by atoms with Gasteiger partial charge in [0.15, 0.2) is 0 Å². The first-order valence-electron chi connectivity index (χ1n) is 21.3. The van der Waals surface area contributed by atoms with Crippen molar-refractivity contribution in [3.05, 3.63) is 145 Å². The lowest BCUT2D eigenvalue weighted by Crippen LogP contribution is -1.91. The molecule has 8 rings (SSSR count). The first-order valence-corrected chi connectivity index (χ1v) is 13.1. The second-order valence-electron chi connectivity index (χ2n) is 8.85. The molecule has 0 bridgehead atoms. The van der Waals surface area contributed by atoms with Crippen molar-refractivity contribution in [2.45, 2.75) is 0 Å². The quantitative estimate of drug-likeness (QED) is 0.201. The number of hydrogen-bond donors (Lipinski definition) is 0. The maximum absolute atomic E-state index is 9.55. The molecular formula is C38H24N2S.